The number of halogens is 2. The number of hydrogen-bond acceptors (Lipinski definition) is 4. The third kappa shape index (κ3) is 5.77. The number of rotatable bonds is 8. The first-order valence-corrected chi connectivity index (χ1v) is 10.7. The van der Waals surface area contributed by atoms with E-state index in [1.165, 1.54) is 11.8 Å². The molecule has 7 heteroatoms. The zero-order valence-electron chi connectivity index (χ0n) is 15.4. The van der Waals surface area contributed by atoms with Crippen LogP contribution in [0.25, 0.3) is 11.5 Å². The Morgan fingerprint density at radius 1 is 1.14 bits per heavy atom. The third-order valence-corrected chi connectivity index (χ3v) is 5.64. The summed E-state index contributed by atoms with van der Waals surface area (Å²) in [5.74, 6) is 2.22. The Hall–Kier alpha value is -1.95. The molecule has 0 aliphatic rings. The number of carbonyl (C=O) groups excluding carboxylic acids is 1. The highest BCUT2D eigenvalue weighted by molar-refractivity contribution is 7.99. The molecule has 2 aromatic carbocycles. The molecule has 0 aliphatic heterocycles. The molecule has 1 heterocycles. The summed E-state index contributed by atoms with van der Waals surface area (Å²) >= 11 is 13.6. The Morgan fingerprint density at radius 2 is 1.89 bits per heavy atom. The molecule has 4 nitrogen and oxygen atoms in total. The molecule has 28 heavy (non-hydrogen) atoms. The minimum Gasteiger partial charge on any atom is -0.441 e. The molecule has 0 fully saturated rings. The van der Waals surface area contributed by atoms with E-state index in [2.05, 4.69) is 10.3 Å². The van der Waals surface area contributed by atoms with Gasteiger partial charge >= 0.3 is 0 Å². The molecule has 146 valence electrons. The number of nitrogens with one attached hydrogen (secondary N) is 1. The van der Waals surface area contributed by atoms with Crippen LogP contribution in [0.2, 0.25) is 10.0 Å². The summed E-state index contributed by atoms with van der Waals surface area (Å²) < 4.78 is 5.74. The predicted molar refractivity (Wildman–Crippen MR) is 116 cm³/mol. The van der Waals surface area contributed by atoms with Crippen LogP contribution in [0.5, 0.6) is 0 Å². The SMILES string of the molecule is Cc1oc(-c2ccccc2Cl)nc1CSCC(=O)NCCc1ccc(Cl)cc1. The molecule has 1 aromatic heterocycles. The van der Waals surface area contributed by atoms with Crippen molar-refractivity contribution in [2.75, 3.05) is 12.3 Å². The van der Waals surface area contributed by atoms with Gasteiger partial charge in [-0.05, 0) is 43.2 Å². The minimum absolute atomic E-state index is 0.00596. The molecule has 3 rings (SSSR count). The van der Waals surface area contributed by atoms with Gasteiger partial charge in [0.1, 0.15) is 5.76 Å². The maximum absolute atomic E-state index is 12.0. The molecule has 0 spiro atoms. The van der Waals surface area contributed by atoms with Crippen molar-refractivity contribution in [3.05, 3.63) is 75.6 Å². The van der Waals surface area contributed by atoms with Crippen molar-refractivity contribution in [1.29, 1.82) is 0 Å². The average Bonchev–Trinajstić information content (AvgIpc) is 3.04. The zero-order valence-corrected chi connectivity index (χ0v) is 17.7. The number of oxazole rings is 1. The number of nitrogens with zero attached hydrogens (tertiary/aromatic N) is 1. The van der Waals surface area contributed by atoms with Gasteiger partial charge in [-0.15, -0.1) is 11.8 Å². The van der Waals surface area contributed by atoms with E-state index in [1.807, 2.05) is 49.4 Å². The summed E-state index contributed by atoms with van der Waals surface area (Å²) in [5, 5.41) is 4.24. The number of benzene rings is 2. The second kappa shape index (κ2) is 10.0. The van der Waals surface area contributed by atoms with Gasteiger partial charge in [-0.3, -0.25) is 4.79 Å². The molecule has 0 radical (unpaired) electrons. The van der Waals surface area contributed by atoms with Gasteiger partial charge in [0.2, 0.25) is 11.8 Å². The van der Waals surface area contributed by atoms with Gasteiger partial charge in [-0.25, -0.2) is 4.98 Å². The Kier molecular flexibility index (Phi) is 7.43. The van der Waals surface area contributed by atoms with Gasteiger partial charge in [-0.1, -0.05) is 47.5 Å². The molecular weight excluding hydrogens is 415 g/mol. The first-order valence-electron chi connectivity index (χ1n) is 8.83. The standard InChI is InChI=1S/C21H20Cl2N2O2S/c1-14-19(25-21(27-14)17-4-2-3-5-18(17)23)12-28-13-20(26)24-11-10-15-6-8-16(22)9-7-15/h2-9H,10-13H2,1H3,(H,24,26). The highest BCUT2D eigenvalue weighted by atomic mass is 35.5. The first kappa shape index (κ1) is 20.8. The summed E-state index contributed by atoms with van der Waals surface area (Å²) in [6.45, 7) is 2.47. The van der Waals surface area contributed by atoms with Gasteiger partial charge < -0.3 is 9.73 Å². The molecule has 0 saturated heterocycles. The van der Waals surface area contributed by atoms with E-state index < -0.39 is 0 Å². The summed E-state index contributed by atoms with van der Waals surface area (Å²) in [7, 11) is 0. The fourth-order valence-corrected chi connectivity index (χ4v) is 3.79. The largest absolute Gasteiger partial charge is 0.441 e. The number of carbonyl (C=O) groups is 1. The highest BCUT2D eigenvalue weighted by Crippen LogP contribution is 2.29. The van der Waals surface area contributed by atoms with Gasteiger partial charge in [0.05, 0.1) is 22.0 Å². The fraction of sp³-hybridized carbons (Fsp3) is 0.238. The van der Waals surface area contributed by atoms with Gasteiger partial charge in [0.15, 0.2) is 0 Å². The van der Waals surface area contributed by atoms with E-state index >= 15 is 0 Å². The molecule has 0 bridgehead atoms. The molecule has 1 N–H and O–H groups in total. The molecule has 3 aromatic rings. The lowest BCUT2D eigenvalue weighted by atomic mass is 10.1. The van der Waals surface area contributed by atoms with Crippen molar-refractivity contribution in [3.8, 4) is 11.5 Å². The Bertz CT molecular complexity index is 942. The number of hydrogen-bond donors (Lipinski definition) is 1. The normalized spacial score (nSPS) is 10.8. The Balaban J connectivity index is 1.44. The van der Waals surface area contributed by atoms with Crippen LogP contribution in [-0.4, -0.2) is 23.2 Å². The molecule has 0 aliphatic carbocycles. The lowest BCUT2D eigenvalue weighted by molar-refractivity contribution is -0.118. The van der Waals surface area contributed by atoms with Gasteiger partial charge in [0, 0.05) is 17.3 Å². The smallest absolute Gasteiger partial charge is 0.230 e. The lowest BCUT2D eigenvalue weighted by Crippen LogP contribution is -2.27. The van der Waals surface area contributed by atoms with E-state index in [0.29, 0.717) is 34.0 Å². The summed E-state index contributed by atoms with van der Waals surface area (Å²) in [5.41, 5.74) is 2.74. The predicted octanol–water partition coefficient (Wildman–Crippen LogP) is 5.55. The van der Waals surface area contributed by atoms with Crippen LogP contribution in [0.4, 0.5) is 0 Å². The highest BCUT2D eigenvalue weighted by Gasteiger charge is 2.14. The summed E-state index contributed by atoms with van der Waals surface area (Å²) in [4.78, 5) is 16.6. The number of aromatic nitrogens is 1. The molecule has 0 unspecified atom stereocenters. The monoisotopic (exact) mass is 434 g/mol. The van der Waals surface area contributed by atoms with Crippen LogP contribution < -0.4 is 5.32 Å². The van der Waals surface area contributed by atoms with Crippen molar-refractivity contribution in [2.24, 2.45) is 0 Å². The third-order valence-electron chi connectivity index (χ3n) is 4.12. The minimum atomic E-state index is 0.00596. The molecular formula is C21H20Cl2N2O2S. The average molecular weight is 435 g/mol. The number of thioether (sulfide) groups is 1. The van der Waals surface area contributed by atoms with Gasteiger partial charge in [0.25, 0.3) is 0 Å². The molecule has 0 saturated carbocycles. The van der Waals surface area contributed by atoms with Crippen LogP contribution >= 0.6 is 35.0 Å². The zero-order chi connectivity index (χ0) is 19.9. The van der Waals surface area contributed by atoms with Crippen LogP contribution in [0.15, 0.2) is 52.9 Å². The van der Waals surface area contributed by atoms with Crippen LogP contribution in [0, 0.1) is 6.92 Å². The van der Waals surface area contributed by atoms with Crippen molar-refractivity contribution in [3.63, 3.8) is 0 Å². The molecule has 1 amide bonds. The summed E-state index contributed by atoms with van der Waals surface area (Å²) in [6.07, 6.45) is 0.775. The van der Waals surface area contributed by atoms with Crippen molar-refractivity contribution in [2.45, 2.75) is 19.1 Å². The van der Waals surface area contributed by atoms with E-state index in [9.17, 15) is 4.79 Å². The van der Waals surface area contributed by atoms with Crippen molar-refractivity contribution >= 4 is 40.9 Å². The van der Waals surface area contributed by atoms with E-state index in [1.54, 1.807) is 6.07 Å². The maximum atomic E-state index is 12.0. The summed E-state index contributed by atoms with van der Waals surface area (Å²) in [6, 6.07) is 15.1. The van der Waals surface area contributed by atoms with Crippen LogP contribution in [-0.2, 0) is 17.0 Å². The van der Waals surface area contributed by atoms with Crippen LogP contribution in [0.1, 0.15) is 17.0 Å². The lowest BCUT2D eigenvalue weighted by Gasteiger charge is -2.05. The van der Waals surface area contributed by atoms with E-state index in [4.69, 9.17) is 27.6 Å². The van der Waals surface area contributed by atoms with Crippen LogP contribution in [0.3, 0.4) is 0 Å². The fourth-order valence-electron chi connectivity index (χ4n) is 2.60. The van der Waals surface area contributed by atoms with E-state index in [-0.39, 0.29) is 5.91 Å². The first-order chi connectivity index (χ1) is 13.5. The molecule has 0 atom stereocenters. The maximum Gasteiger partial charge on any atom is 0.230 e. The quantitative estimate of drug-likeness (QED) is 0.504. The Labute approximate surface area is 178 Å². The second-order valence-corrected chi connectivity index (χ2v) is 8.05. The van der Waals surface area contributed by atoms with E-state index in [0.717, 1.165) is 29.0 Å². The second-order valence-electron chi connectivity index (χ2n) is 6.22. The number of aryl methyl sites for hydroxylation is 1. The number of amides is 1. The Morgan fingerprint density at radius 3 is 2.64 bits per heavy atom. The van der Waals surface area contributed by atoms with Crippen molar-refractivity contribution in [1.82, 2.24) is 10.3 Å². The van der Waals surface area contributed by atoms with Gasteiger partial charge in [-0.2, -0.15) is 0 Å². The van der Waals surface area contributed by atoms with Crippen molar-refractivity contribution < 1.29 is 9.21 Å². The topological polar surface area (TPSA) is 55.1 Å².